The van der Waals surface area contributed by atoms with Gasteiger partial charge in [0.25, 0.3) is 0 Å². The molecule has 0 aliphatic carbocycles. The van der Waals surface area contributed by atoms with Crippen LogP contribution in [-0.4, -0.2) is 10.1 Å². The van der Waals surface area contributed by atoms with E-state index >= 15 is 0 Å². The first kappa shape index (κ1) is 11.2. The molecule has 0 bridgehead atoms. The largest absolute Gasteiger partial charge is 0.392 e. The summed E-state index contributed by atoms with van der Waals surface area (Å²) in [5, 5.41) is 10.0. The van der Waals surface area contributed by atoms with Crippen LogP contribution in [0.5, 0.6) is 0 Å². The fourth-order valence-electron chi connectivity index (χ4n) is 1.40. The molecule has 0 radical (unpaired) electrons. The van der Waals surface area contributed by atoms with Gasteiger partial charge in [0, 0.05) is 10.6 Å². The maximum atomic E-state index is 9.05. The van der Waals surface area contributed by atoms with Crippen molar-refractivity contribution in [2.75, 3.05) is 0 Å². The number of hydrogen-bond acceptors (Lipinski definition) is 3. The molecule has 2 rings (SSSR count). The van der Waals surface area contributed by atoms with Crippen LogP contribution in [0.25, 0.3) is 0 Å². The van der Waals surface area contributed by atoms with Gasteiger partial charge in [-0.05, 0) is 30.7 Å². The lowest BCUT2D eigenvalue weighted by Gasteiger charge is -2.05. The van der Waals surface area contributed by atoms with Crippen molar-refractivity contribution in [2.45, 2.75) is 23.5 Å². The van der Waals surface area contributed by atoms with Gasteiger partial charge in [0.2, 0.25) is 0 Å². The zero-order valence-electron chi connectivity index (χ0n) is 9.05. The second-order valence-corrected chi connectivity index (χ2v) is 4.56. The van der Waals surface area contributed by atoms with Crippen LogP contribution in [0.1, 0.15) is 11.3 Å². The molecule has 2 nitrogen and oxygen atoms in total. The van der Waals surface area contributed by atoms with Gasteiger partial charge in [-0.1, -0.05) is 36.0 Å². The smallest absolute Gasteiger partial charge is 0.101 e. The summed E-state index contributed by atoms with van der Waals surface area (Å²) in [5.74, 6) is 0. The van der Waals surface area contributed by atoms with Crippen molar-refractivity contribution in [3.05, 3.63) is 53.7 Å². The molecule has 16 heavy (non-hydrogen) atoms. The quantitative estimate of drug-likeness (QED) is 0.881. The van der Waals surface area contributed by atoms with Crippen molar-refractivity contribution in [2.24, 2.45) is 0 Å². The summed E-state index contributed by atoms with van der Waals surface area (Å²) in [6, 6.07) is 14.0. The Morgan fingerprint density at radius 2 is 1.88 bits per heavy atom. The van der Waals surface area contributed by atoms with Gasteiger partial charge in [-0.15, -0.1) is 0 Å². The summed E-state index contributed by atoms with van der Waals surface area (Å²) in [6.07, 6.45) is 0. The molecule has 0 aliphatic rings. The third-order valence-corrected chi connectivity index (χ3v) is 3.25. The minimum absolute atomic E-state index is 0.0507. The minimum atomic E-state index is 0.0507. The van der Waals surface area contributed by atoms with Crippen LogP contribution in [0.2, 0.25) is 0 Å². The number of rotatable bonds is 3. The summed E-state index contributed by atoms with van der Waals surface area (Å²) in [4.78, 5) is 5.61. The van der Waals surface area contributed by atoms with Gasteiger partial charge >= 0.3 is 0 Å². The highest BCUT2D eigenvalue weighted by molar-refractivity contribution is 7.99. The van der Waals surface area contributed by atoms with E-state index in [9.17, 15) is 0 Å². The van der Waals surface area contributed by atoms with E-state index in [0.717, 1.165) is 16.3 Å². The molecule has 3 heteroatoms. The van der Waals surface area contributed by atoms with Crippen LogP contribution in [-0.2, 0) is 6.61 Å². The van der Waals surface area contributed by atoms with E-state index in [4.69, 9.17) is 5.11 Å². The van der Waals surface area contributed by atoms with Crippen molar-refractivity contribution in [1.82, 2.24) is 4.98 Å². The molecular weight excluding hydrogens is 218 g/mol. The Hall–Kier alpha value is -1.32. The molecule has 1 N–H and O–H groups in total. The molecule has 0 unspecified atom stereocenters. The van der Waals surface area contributed by atoms with Crippen molar-refractivity contribution in [1.29, 1.82) is 0 Å². The van der Waals surface area contributed by atoms with Crippen molar-refractivity contribution in [3.8, 4) is 0 Å². The molecule has 0 aliphatic heterocycles. The van der Waals surface area contributed by atoms with Crippen molar-refractivity contribution in [3.63, 3.8) is 0 Å². The molecule has 0 atom stereocenters. The van der Waals surface area contributed by atoms with E-state index in [1.807, 2.05) is 37.3 Å². The summed E-state index contributed by atoms with van der Waals surface area (Å²) < 4.78 is 0. The third-order valence-electron chi connectivity index (χ3n) is 2.31. The van der Waals surface area contributed by atoms with Crippen LogP contribution in [0, 0.1) is 6.92 Å². The summed E-state index contributed by atoms with van der Waals surface area (Å²) >= 11 is 1.63. The van der Waals surface area contributed by atoms with E-state index < -0.39 is 0 Å². The Labute approximate surface area is 99.4 Å². The molecular formula is C13H13NOS. The van der Waals surface area contributed by atoms with Gasteiger partial charge < -0.3 is 5.11 Å². The molecule has 0 saturated heterocycles. The Balaban J connectivity index is 2.20. The van der Waals surface area contributed by atoms with Gasteiger partial charge in [0.15, 0.2) is 0 Å². The SMILES string of the molecule is Cc1nc(Sc2ccccc2)ccc1CO. The summed E-state index contributed by atoms with van der Waals surface area (Å²) in [7, 11) is 0. The van der Waals surface area contributed by atoms with E-state index in [0.29, 0.717) is 0 Å². The molecule has 1 aromatic carbocycles. The fraction of sp³-hybridized carbons (Fsp3) is 0.154. The predicted molar refractivity (Wildman–Crippen MR) is 65.5 cm³/mol. The summed E-state index contributed by atoms with van der Waals surface area (Å²) in [5.41, 5.74) is 1.78. The van der Waals surface area contributed by atoms with E-state index in [1.165, 1.54) is 4.90 Å². The maximum absolute atomic E-state index is 9.05. The average molecular weight is 231 g/mol. The highest BCUT2D eigenvalue weighted by Gasteiger charge is 2.02. The number of pyridine rings is 1. The molecule has 0 fully saturated rings. The Morgan fingerprint density at radius 3 is 2.50 bits per heavy atom. The van der Waals surface area contributed by atoms with E-state index in [-0.39, 0.29) is 6.61 Å². The minimum Gasteiger partial charge on any atom is -0.392 e. The number of hydrogen-bond donors (Lipinski definition) is 1. The number of aryl methyl sites for hydroxylation is 1. The van der Waals surface area contributed by atoms with Gasteiger partial charge in [-0.3, -0.25) is 0 Å². The normalized spacial score (nSPS) is 10.4. The Kier molecular flexibility index (Phi) is 3.59. The number of aromatic nitrogens is 1. The number of nitrogens with zero attached hydrogens (tertiary/aromatic N) is 1. The molecule has 0 spiro atoms. The first-order chi connectivity index (χ1) is 7.79. The number of benzene rings is 1. The second-order valence-electron chi connectivity index (χ2n) is 3.47. The van der Waals surface area contributed by atoms with Gasteiger partial charge in [-0.25, -0.2) is 4.98 Å². The molecule has 82 valence electrons. The van der Waals surface area contributed by atoms with E-state index in [1.54, 1.807) is 11.8 Å². The standard InChI is InChI=1S/C13H13NOS/c1-10-11(9-15)7-8-13(14-10)16-12-5-3-2-4-6-12/h2-8,15H,9H2,1H3. The molecule has 1 heterocycles. The molecule has 2 aromatic rings. The Bertz CT molecular complexity index is 471. The van der Waals surface area contributed by atoms with Gasteiger partial charge in [0.1, 0.15) is 5.03 Å². The van der Waals surface area contributed by atoms with Gasteiger partial charge in [-0.2, -0.15) is 0 Å². The first-order valence-electron chi connectivity index (χ1n) is 5.10. The lowest BCUT2D eigenvalue weighted by molar-refractivity contribution is 0.280. The molecule has 1 aromatic heterocycles. The first-order valence-corrected chi connectivity index (χ1v) is 5.91. The van der Waals surface area contributed by atoms with Crippen LogP contribution in [0.3, 0.4) is 0 Å². The van der Waals surface area contributed by atoms with E-state index in [2.05, 4.69) is 17.1 Å². The van der Waals surface area contributed by atoms with Gasteiger partial charge in [0.05, 0.1) is 6.61 Å². The Morgan fingerprint density at radius 1 is 1.12 bits per heavy atom. The topological polar surface area (TPSA) is 33.1 Å². The monoisotopic (exact) mass is 231 g/mol. The fourth-order valence-corrected chi connectivity index (χ4v) is 2.25. The lowest BCUT2D eigenvalue weighted by atomic mass is 10.2. The van der Waals surface area contributed by atoms with Crippen molar-refractivity contribution < 1.29 is 5.11 Å². The predicted octanol–water partition coefficient (Wildman–Crippen LogP) is 3.03. The lowest BCUT2D eigenvalue weighted by Crippen LogP contribution is -1.93. The highest BCUT2D eigenvalue weighted by Crippen LogP contribution is 2.26. The zero-order valence-corrected chi connectivity index (χ0v) is 9.87. The zero-order chi connectivity index (χ0) is 11.4. The average Bonchev–Trinajstić information content (AvgIpc) is 2.31. The maximum Gasteiger partial charge on any atom is 0.101 e. The van der Waals surface area contributed by atoms with Crippen molar-refractivity contribution >= 4 is 11.8 Å². The number of aliphatic hydroxyl groups excluding tert-OH is 1. The van der Waals surface area contributed by atoms with Crippen LogP contribution >= 0.6 is 11.8 Å². The van der Waals surface area contributed by atoms with Crippen LogP contribution in [0.4, 0.5) is 0 Å². The third kappa shape index (κ3) is 2.62. The molecule has 0 saturated carbocycles. The summed E-state index contributed by atoms with van der Waals surface area (Å²) in [6.45, 7) is 1.97. The van der Waals surface area contributed by atoms with Crippen LogP contribution < -0.4 is 0 Å². The molecule has 0 amide bonds. The second kappa shape index (κ2) is 5.14. The highest BCUT2D eigenvalue weighted by atomic mass is 32.2. The number of aliphatic hydroxyl groups is 1. The van der Waals surface area contributed by atoms with Crippen LogP contribution in [0.15, 0.2) is 52.4 Å².